The fourth-order valence-electron chi connectivity index (χ4n) is 4.76. The van der Waals surface area contributed by atoms with E-state index >= 15 is 0 Å². The molecule has 46 heavy (non-hydrogen) atoms. The highest BCUT2D eigenvalue weighted by Crippen LogP contribution is 2.44. The molecule has 0 bridgehead atoms. The minimum atomic E-state index is -0.477. The molecule has 256 valence electrons. The molecule has 0 saturated carbocycles. The van der Waals surface area contributed by atoms with Crippen LogP contribution in [0.15, 0.2) is 48.5 Å². The smallest absolute Gasteiger partial charge is 0.407 e. The number of fused-ring (bicyclic) bond motifs is 3. The largest absolute Gasteiger partial charge is 0.460 e. The van der Waals surface area contributed by atoms with Crippen molar-refractivity contribution in [2.45, 2.75) is 45.1 Å². The van der Waals surface area contributed by atoms with Crippen LogP contribution < -0.4 is 5.32 Å². The van der Waals surface area contributed by atoms with Gasteiger partial charge in [-0.2, -0.15) is 0 Å². The summed E-state index contributed by atoms with van der Waals surface area (Å²) in [6.45, 7) is 11.8. The molecule has 0 fully saturated rings. The van der Waals surface area contributed by atoms with Gasteiger partial charge >= 0.3 is 12.1 Å². The number of hydrogen-bond donors (Lipinski definition) is 1. The first kappa shape index (κ1) is 37.4. The molecule has 1 aliphatic carbocycles. The van der Waals surface area contributed by atoms with Gasteiger partial charge in [0, 0.05) is 19.1 Å². The third-order valence-electron chi connectivity index (χ3n) is 6.81. The Balaban J connectivity index is 1.02. The van der Waals surface area contributed by atoms with Crippen LogP contribution in [-0.4, -0.2) is 110 Å². The lowest BCUT2D eigenvalue weighted by atomic mass is 9.98. The molecule has 1 amide bonds. The van der Waals surface area contributed by atoms with Gasteiger partial charge in [0.15, 0.2) is 0 Å². The molecule has 1 N–H and O–H groups in total. The molecule has 0 atom stereocenters. The maximum absolute atomic E-state index is 12.2. The van der Waals surface area contributed by atoms with Crippen LogP contribution in [0.1, 0.15) is 50.7 Å². The van der Waals surface area contributed by atoms with Crippen LogP contribution in [0, 0.1) is 0 Å². The second kappa shape index (κ2) is 21.7. The second-order valence-electron chi connectivity index (χ2n) is 11.6. The van der Waals surface area contributed by atoms with Crippen LogP contribution in [-0.2, 0) is 42.7 Å². The lowest BCUT2D eigenvalue weighted by Crippen LogP contribution is -2.27. The third kappa shape index (κ3) is 15.0. The van der Waals surface area contributed by atoms with Gasteiger partial charge in [0.2, 0.25) is 0 Å². The van der Waals surface area contributed by atoms with E-state index in [1.54, 1.807) is 0 Å². The number of nitrogens with one attached hydrogen (secondary N) is 1. The van der Waals surface area contributed by atoms with Crippen molar-refractivity contribution in [1.29, 1.82) is 0 Å². The summed E-state index contributed by atoms with van der Waals surface area (Å²) < 4.78 is 43.6. The van der Waals surface area contributed by atoms with Crippen LogP contribution >= 0.6 is 0 Å². The van der Waals surface area contributed by atoms with E-state index in [1.165, 1.54) is 22.3 Å². The van der Waals surface area contributed by atoms with Gasteiger partial charge in [-0.05, 0) is 49.4 Å². The quantitative estimate of drug-likeness (QED) is 0.127. The van der Waals surface area contributed by atoms with E-state index in [0.29, 0.717) is 98.9 Å². The molecule has 3 rings (SSSR count). The van der Waals surface area contributed by atoms with E-state index in [9.17, 15) is 9.59 Å². The molecule has 0 heterocycles. The Morgan fingerprint density at radius 3 is 1.54 bits per heavy atom. The van der Waals surface area contributed by atoms with Gasteiger partial charge in [-0.1, -0.05) is 48.5 Å². The second-order valence-corrected chi connectivity index (χ2v) is 11.6. The topological polar surface area (TPSA) is 120 Å². The average molecular weight is 646 g/mol. The van der Waals surface area contributed by atoms with E-state index in [2.05, 4.69) is 29.6 Å². The number of hydrogen-bond acceptors (Lipinski definition) is 10. The van der Waals surface area contributed by atoms with E-state index in [1.807, 2.05) is 45.0 Å². The monoisotopic (exact) mass is 645 g/mol. The molecular formula is C35H51NO10. The molecule has 0 spiro atoms. The first-order chi connectivity index (χ1) is 22.3. The predicted octanol–water partition coefficient (Wildman–Crippen LogP) is 4.75. The summed E-state index contributed by atoms with van der Waals surface area (Å²) in [4.78, 5) is 23.8. The summed E-state index contributed by atoms with van der Waals surface area (Å²) in [5.74, 6) is -0.218. The zero-order valence-electron chi connectivity index (χ0n) is 27.6. The van der Waals surface area contributed by atoms with Gasteiger partial charge in [0.25, 0.3) is 0 Å². The first-order valence-electron chi connectivity index (χ1n) is 16.1. The van der Waals surface area contributed by atoms with Crippen LogP contribution in [0.4, 0.5) is 4.79 Å². The van der Waals surface area contributed by atoms with E-state index in [-0.39, 0.29) is 18.3 Å². The maximum atomic E-state index is 12.2. The summed E-state index contributed by atoms with van der Waals surface area (Å²) in [5, 5.41) is 2.80. The highest BCUT2D eigenvalue weighted by atomic mass is 16.6. The number of carbonyl (C=O) groups excluding carboxylic acids is 2. The lowest BCUT2D eigenvalue weighted by Gasteiger charge is -2.19. The fraction of sp³-hybridized carbons (Fsp3) is 0.600. The van der Waals surface area contributed by atoms with Gasteiger partial charge < -0.3 is 43.2 Å². The van der Waals surface area contributed by atoms with Gasteiger partial charge in [-0.15, -0.1) is 0 Å². The van der Waals surface area contributed by atoms with Crippen molar-refractivity contribution in [3.05, 3.63) is 59.7 Å². The maximum Gasteiger partial charge on any atom is 0.407 e. The lowest BCUT2D eigenvalue weighted by molar-refractivity contribution is -0.156. The number of rotatable bonds is 24. The van der Waals surface area contributed by atoms with E-state index in [0.717, 1.165) is 0 Å². The number of ether oxygens (including phenoxy) is 8. The van der Waals surface area contributed by atoms with E-state index < -0.39 is 11.7 Å². The van der Waals surface area contributed by atoms with Crippen LogP contribution in [0.5, 0.6) is 0 Å². The zero-order valence-corrected chi connectivity index (χ0v) is 27.6. The van der Waals surface area contributed by atoms with Crippen molar-refractivity contribution in [3.8, 4) is 11.1 Å². The van der Waals surface area contributed by atoms with Crippen molar-refractivity contribution < 1.29 is 47.5 Å². The molecule has 0 aliphatic heterocycles. The highest BCUT2D eigenvalue weighted by molar-refractivity contribution is 5.79. The summed E-state index contributed by atoms with van der Waals surface area (Å²) in [7, 11) is 0. The number of alkyl carbamates (subject to hydrolysis) is 1. The molecule has 0 radical (unpaired) electrons. The van der Waals surface area contributed by atoms with Gasteiger partial charge in [-0.3, -0.25) is 4.79 Å². The molecule has 0 saturated heterocycles. The van der Waals surface area contributed by atoms with Gasteiger partial charge in [0.1, 0.15) is 12.2 Å². The minimum absolute atomic E-state index is 0.0497. The number of esters is 1. The molecule has 11 heteroatoms. The molecule has 11 nitrogen and oxygen atoms in total. The molecule has 0 unspecified atom stereocenters. The Morgan fingerprint density at radius 2 is 1.07 bits per heavy atom. The Bertz CT molecular complexity index is 1110. The highest BCUT2D eigenvalue weighted by Gasteiger charge is 2.28. The zero-order chi connectivity index (χ0) is 32.9. The summed E-state index contributed by atoms with van der Waals surface area (Å²) >= 11 is 0. The molecule has 2 aromatic carbocycles. The molecule has 2 aromatic rings. The number of amides is 1. The van der Waals surface area contributed by atoms with Crippen molar-refractivity contribution in [2.24, 2.45) is 0 Å². The third-order valence-corrected chi connectivity index (χ3v) is 6.81. The predicted molar refractivity (Wildman–Crippen MR) is 173 cm³/mol. The minimum Gasteiger partial charge on any atom is -0.460 e. The van der Waals surface area contributed by atoms with Crippen molar-refractivity contribution in [2.75, 3.05) is 92.4 Å². The number of benzene rings is 2. The standard InChI is InChI=1S/C35H51NO10/c1-35(2,3)46-33(37)13-16-40-18-20-42-22-24-44-26-25-43-23-21-41-19-17-39-15-8-14-36-34(38)45-27-32-30-11-6-4-9-28(30)29-10-5-7-12-31(29)32/h4-7,9-12,32H,8,13-27H2,1-3H3,(H,36,38). The van der Waals surface area contributed by atoms with Crippen molar-refractivity contribution in [1.82, 2.24) is 5.32 Å². The SMILES string of the molecule is CC(C)(C)OC(=O)CCOCCOCCOCCOCCOCCOCCCNC(=O)OCC1c2ccccc2-c2ccccc21. The summed E-state index contributed by atoms with van der Waals surface area (Å²) in [6, 6.07) is 16.5. The summed E-state index contributed by atoms with van der Waals surface area (Å²) in [6.07, 6.45) is 0.494. The molecule has 1 aliphatic rings. The first-order valence-corrected chi connectivity index (χ1v) is 16.1. The Morgan fingerprint density at radius 1 is 0.630 bits per heavy atom. The summed E-state index contributed by atoms with van der Waals surface area (Å²) in [5.41, 5.74) is 4.33. The van der Waals surface area contributed by atoms with Crippen LogP contribution in [0.2, 0.25) is 0 Å². The number of carbonyl (C=O) groups is 2. The Kier molecular flexibility index (Phi) is 17.6. The average Bonchev–Trinajstić information content (AvgIpc) is 3.35. The van der Waals surface area contributed by atoms with Gasteiger partial charge in [-0.25, -0.2) is 4.79 Å². The molecular weight excluding hydrogens is 594 g/mol. The van der Waals surface area contributed by atoms with Gasteiger partial charge in [0.05, 0.1) is 79.1 Å². The van der Waals surface area contributed by atoms with Crippen LogP contribution in [0.25, 0.3) is 11.1 Å². The van der Waals surface area contributed by atoms with Crippen molar-refractivity contribution >= 4 is 12.1 Å². The van der Waals surface area contributed by atoms with Crippen molar-refractivity contribution in [3.63, 3.8) is 0 Å². The normalized spacial score (nSPS) is 12.5. The Labute approximate surface area is 273 Å². The van der Waals surface area contributed by atoms with Crippen LogP contribution in [0.3, 0.4) is 0 Å². The fourth-order valence-corrected chi connectivity index (χ4v) is 4.76. The molecule has 0 aromatic heterocycles. The Hall–Kier alpha value is -3.06. The van der Waals surface area contributed by atoms with E-state index in [4.69, 9.17) is 37.9 Å².